The van der Waals surface area contributed by atoms with Crippen molar-refractivity contribution < 1.29 is 4.21 Å². The Balaban J connectivity index is 2.95. The van der Waals surface area contributed by atoms with Crippen LogP contribution >= 0.6 is 0 Å². The van der Waals surface area contributed by atoms with Crippen LogP contribution in [0.25, 0.3) is 0 Å². The highest BCUT2D eigenvalue weighted by Crippen LogP contribution is 2.04. The Hall–Kier alpha value is -0.890. The Labute approximate surface area is 62.8 Å². The van der Waals surface area contributed by atoms with Gasteiger partial charge in [-0.25, -0.2) is 4.21 Å². The Morgan fingerprint density at radius 3 is 2.40 bits per heavy atom. The molecule has 0 N–H and O–H groups in total. The summed E-state index contributed by atoms with van der Waals surface area (Å²) in [6, 6.07) is 9.24. The second-order valence-corrected chi connectivity index (χ2v) is 3.18. The van der Waals surface area contributed by atoms with Crippen molar-refractivity contribution in [2.45, 2.75) is 4.90 Å². The summed E-state index contributed by atoms with van der Waals surface area (Å²) in [6.45, 7) is 3.44. The largest absolute Gasteiger partial charge is 0.250 e. The molecule has 1 aromatic rings. The van der Waals surface area contributed by atoms with Gasteiger partial charge in [-0.15, -0.1) is 0 Å². The molecule has 1 atom stereocenters. The Morgan fingerprint density at radius 2 is 1.90 bits per heavy atom. The molecule has 0 amide bonds. The summed E-state index contributed by atoms with van der Waals surface area (Å²) in [7, 11) is -1.03. The molecular formula is C8H8OS. The molecule has 0 aliphatic rings. The third-order valence-electron chi connectivity index (χ3n) is 1.13. The summed E-state index contributed by atoms with van der Waals surface area (Å²) in [6.07, 6.45) is 0. The van der Waals surface area contributed by atoms with Gasteiger partial charge >= 0.3 is 0 Å². The van der Waals surface area contributed by atoms with Crippen LogP contribution in [0.2, 0.25) is 0 Å². The summed E-state index contributed by atoms with van der Waals surface area (Å²) < 4.78 is 11.0. The molecule has 0 saturated carbocycles. The minimum Gasteiger partial charge on any atom is -0.250 e. The number of benzene rings is 1. The Morgan fingerprint density at radius 1 is 1.30 bits per heavy atom. The van der Waals surface area contributed by atoms with E-state index in [1.165, 1.54) is 5.41 Å². The molecule has 1 nitrogen and oxygen atoms in total. The van der Waals surface area contributed by atoms with Crippen molar-refractivity contribution in [3.05, 3.63) is 42.3 Å². The highest BCUT2D eigenvalue weighted by molar-refractivity contribution is 7.88. The minimum absolute atomic E-state index is 0.803. The van der Waals surface area contributed by atoms with Gasteiger partial charge in [0.2, 0.25) is 0 Å². The van der Waals surface area contributed by atoms with Crippen molar-refractivity contribution in [3.8, 4) is 0 Å². The van der Waals surface area contributed by atoms with Crippen LogP contribution in [0.1, 0.15) is 0 Å². The van der Waals surface area contributed by atoms with Crippen LogP contribution in [-0.4, -0.2) is 4.21 Å². The smallest absolute Gasteiger partial charge is 0.0769 e. The Bertz CT molecular complexity index is 241. The average molecular weight is 152 g/mol. The molecule has 0 aliphatic heterocycles. The summed E-state index contributed by atoms with van der Waals surface area (Å²) in [4.78, 5) is 0.803. The first-order valence-electron chi connectivity index (χ1n) is 2.93. The van der Waals surface area contributed by atoms with Crippen LogP contribution < -0.4 is 0 Å². The lowest BCUT2D eigenvalue weighted by atomic mass is 10.4. The molecule has 0 aliphatic carbocycles. The van der Waals surface area contributed by atoms with Gasteiger partial charge in [-0.1, -0.05) is 24.8 Å². The maximum atomic E-state index is 11.0. The molecule has 0 unspecified atom stereocenters. The highest BCUT2D eigenvalue weighted by Gasteiger charge is 1.93. The number of rotatable bonds is 2. The van der Waals surface area contributed by atoms with E-state index in [0.29, 0.717) is 0 Å². The molecule has 0 saturated heterocycles. The fourth-order valence-corrected chi connectivity index (χ4v) is 1.27. The van der Waals surface area contributed by atoms with Crippen molar-refractivity contribution in [2.75, 3.05) is 0 Å². The van der Waals surface area contributed by atoms with Gasteiger partial charge in [0.25, 0.3) is 0 Å². The van der Waals surface area contributed by atoms with Crippen LogP contribution in [0.4, 0.5) is 0 Å². The number of hydrogen-bond donors (Lipinski definition) is 0. The summed E-state index contributed by atoms with van der Waals surface area (Å²) >= 11 is 0. The topological polar surface area (TPSA) is 17.1 Å². The fraction of sp³-hybridized carbons (Fsp3) is 0. The molecule has 0 bridgehead atoms. The van der Waals surface area contributed by atoms with E-state index in [1.807, 2.05) is 30.3 Å². The minimum atomic E-state index is -1.03. The van der Waals surface area contributed by atoms with Gasteiger partial charge in [0.05, 0.1) is 10.8 Å². The predicted molar refractivity (Wildman–Crippen MR) is 43.0 cm³/mol. The Kier molecular flexibility index (Phi) is 2.40. The lowest BCUT2D eigenvalue weighted by molar-refractivity contribution is 0.688. The van der Waals surface area contributed by atoms with Crippen molar-refractivity contribution >= 4 is 10.8 Å². The van der Waals surface area contributed by atoms with Gasteiger partial charge in [-0.3, -0.25) is 0 Å². The van der Waals surface area contributed by atoms with E-state index < -0.39 is 10.8 Å². The maximum Gasteiger partial charge on any atom is 0.0769 e. The van der Waals surface area contributed by atoms with Crippen LogP contribution in [0, 0.1) is 0 Å². The summed E-state index contributed by atoms with van der Waals surface area (Å²) in [5.41, 5.74) is 0. The van der Waals surface area contributed by atoms with E-state index in [9.17, 15) is 4.21 Å². The van der Waals surface area contributed by atoms with Crippen LogP contribution in [-0.2, 0) is 10.8 Å². The van der Waals surface area contributed by atoms with Crippen LogP contribution in [0.3, 0.4) is 0 Å². The van der Waals surface area contributed by atoms with E-state index in [2.05, 4.69) is 6.58 Å². The van der Waals surface area contributed by atoms with Gasteiger partial charge in [0, 0.05) is 10.3 Å². The molecule has 52 valence electrons. The summed E-state index contributed by atoms with van der Waals surface area (Å²) in [5.74, 6) is 0. The van der Waals surface area contributed by atoms with Gasteiger partial charge in [-0.2, -0.15) is 0 Å². The van der Waals surface area contributed by atoms with Gasteiger partial charge < -0.3 is 0 Å². The van der Waals surface area contributed by atoms with E-state index >= 15 is 0 Å². The maximum absolute atomic E-state index is 11.0. The number of hydrogen-bond acceptors (Lipinski definition) is 1. The SMILES string of the molecule is C=C[S@@](=O)c1ccccc1. The predicted octanol–water partition coefficient (Wildman–Crippen LogP) is 1.94. The zero-order valence-electron chi connectivity index (χ0n) is 5.49. The highest BCUT2D eigenvalue weighted by atomic mass is 32.2. The molecule has 0 spiro atoms. The zero-order chi connectivity index (χ0) is 7.40. The molecule has 10 heavy (non-hydrogen) atoms. The second kappa shape index (κ2) is 3.32. The van der Waals surface area contributed by atoms with Crippen molar-refractivity contribution in [1.82, 2.24) is 0 Å². The molecule has 0 fully saturated rings. The fourth-order valence-electron chi connectivity index (χ4n) is 0.651. The quantitative estimate of drug-likeness (QED) is 0.633. The lowest BCUT2D eigenvalue weighted by Crippen LogP contribution is -1.82. The van der Waals surface area contributed by atoms with Gasteiger partial charge in [0.1, 0.15) is 0 Å². The molecule has 0 heterocycles. The van der Waals surface area contributed by atoms with Crippen molar-refractivity contribution in [1.29, 1.82) is 0 Å². The lowest BCUT2D eigenvalue weighted by Gasteiger charge is -1.92. The summed E-state index contributed by atoms with van der Waals surface area (Å²) in [5, 5.41) is 1.43. The average Bonchev–Trinajstić information content (AvgIpc) is 2.05. The molecule has 1 rings (SSSR count). The molecular weight excluding hydrogens is 144 g/mol. The molecule has 0 radical (unpaired) electrons. The van der Waals surface area contributed by atoms with Crippen LogP contribution in [0.15, 0.2) is 47.2 Å². The van der Waals surface area contributed by atoms with E-state index in [1.54, 1.807) is 0 Å². The van der Waals surface area contributed by atoms with E-state index in [-0.39, 0.29) is 0 Å². The third kappa shape index (κ3) is 1.54. The van der Waals surface area contributed by atoms with Gasteiger partial charge in [-0.05, 0) is 12.1 Å². The third-order valence-corrected chi connectivity index (χ3v) is 2.17. The van der Waals surface area contributed by atoms with Crippen LogP contribution in [0.5, 0.6) is 0 Å². The van der Waals surface area contributed by atoms with E-state index in [0.717, 1.165) is 4.90 Å². The van der Waals surface area contributed by atoms with Gasteiger partial charge in [0.15, 0.2) is 0 Å². The molecule has 1 aromatic carbocycles. The first-order chi connectivity index (χ1) is 4.84. The normalized spacial score (nSPS) is 12.4. The first-order valence-corrected chi connectivity index (χ1v) is 4.14. The second-order valence-electron chi connectivity index (χ2n) is 1.78. The molecule has 0 aromatic heterocycles. The monoisotopic (exact) mass is 152 g/mol. The first kappa shape index (κ1) is 7.22. The standard InChI is InChI=1S/C8H8OS/c1-2-10(9)8-6-4-3-5-7-8/h2-7H,1H2/t10-/m1/s1. The van der Waals surface area contributed by atoms with E-state index in [4.69, 9.17) is 0 Å². The van der Waals surface area contributed by atoms with Crippen molar-refractivity contribution in [3.63, 3.8) is 0 Å². The van der Waals surface area contributed by atoms with Crippen molar-refractivity contribution in [2.24, 2.45) is 0 Å². The zero-order valence-corrected chi connectivity index (χ0v) is 6.30. The molecule has 2 heteroatoms.